The maximum absolute atomic E-state index is 12.4. The van der Waals surface area contributed by atoms with Crippen LogP contribution in [0.3, 0.4) is 0 Å². The van der Waals surface area contributed by atoms with E-state index in [0.717, 1.165) is 13.3 Å². The molecule has 0 saturated heterocycles. The molecule has 2 aromatic carbocycles. The Morgan fingerprint density at radius 1 is 1.09 bits per heavy atom. The molecule has 0 aliphatic heterocycles. The topological polar surface area (TPSA) is 66.5 Å². The molecular weight excluding hydrogens is 448 g/mol. The molecule has 0 fully saturated rings. The molecule has 2 aromatic rings. The standard InChI is InChI=1S/C15H14Br2N2O3S/c1-19(23(21,22)12-8-6-11(16)7-9-12)10-15(20)18-14-5-3-2-4-13(14)17/h2-9H,10H2,1H3,(H,18,20). The minimum Gasteiger partial charge on any atom is -0.324 e. The third kappa shape index (κ3) is 4.63. The van der Waals surface area contributed by atoms with E-state index in [1.165, 1.54) is 19.2 Å². The van der Waals surface area contributed by atoms with Gasteiger partial charge < -0.3 is 5.32 Å². The van der Waals surface area contributed by atoms with Crippen LogP contribution in [-0.2, 0) is 14.8 Å². The SMILES string of the molecule is CN(CC(=O)Nc1ccccc1Br)S(=O)(=O)c1ccc(Br)cc1. The van der Waals surface area contributed by atoms with Crippen LogP contribution in [0, 0.1) is 0 Å². The molecule has 0 heterocycles. The summed E-state index contributed by atoms with van der Waals surface area (Å²) >= 11 is 6.58. The zero-order valence-corrected chi connectivity index (χ0v) is 16.2. The van der Waals surface area contributed by atoms with E-state index in [-0.39, 0.29) is 11.4 Å². The van der Waals surface area contributed by atoms with E-state index in [0.29, 0.717) is 5.69 Å². The zero-order valence-electron chi connectivity index (χ0n) is 12.2. The van der Waals surface area contributed by atoms with E-state index in [1.54, 1.807) is 30.3 Å². The van der Waals surface area contributed by atoms with Crippen LogP contribution < -0.4 is 5.32 Å². The van der Waals surface area contributed by atoms with Gasteiger partial charge in [-0.2, -0.15) is 4.31 Å². The molecule has 0 bridgehead atoms. The van der Waals surface area contributed by atoms with Crippen molar-refractivity contribution in [3.05, 3.63) is 57.5 Å². The fraction of sp³-hybridized carbons (Fsp3) is 0.133. The van der Waals surface area contributed by atoms with Crippen molar-refractivity contribution < 1.29 is 13.2 Å². The van der Waals surface area contributed by atoms with E-state index < -0.39 is 15.9 Å². The average molecular weight is 462 g/mol. The van der Waals surface area contributed by atoms with Crippen molar-refractivity contribution in [2.75, 3.05) is 18.9 Å². The third-order valence-corrected chi connectivity index (χ3v) is 6.07. The van der Waals surface area contributed by atoms with Gasteiger partial charge >= 0.3 is 0 Å². The van der Waals surface area contributed by atoms with E-state index in [2.05, 4.69) is 37.2 Å². The predicted octanol–water partition coefficient (Wildman–Crippen LogP) is 3.47. The number of halogens is 2. The highest BCUT2D eigenvalue weighted by Crippen LogP contribution is 2.21. The van der Waals surface area contributed by atoms with E-state index in [1.807, 2.05) is 6.07 Å². The summed E-state index contributed by atoms with van der Waals surface area (Å²) in [6.45, 7) is -0.278. The summed E-state index contributed by atoms with van der Waals surface area (Å²) in [6, 6.07) is 13.4. The smallest absolute Gasteiger partial charge is 0.243 e. The Kier molecular flexibility index (Phi) is 5.96. The molecular formula is C15H14Br2N2O3S. The molecule has 0 aliphatic carbocycles. The normalized spacial score (nSPS) is 11.5. The number of hydrogen-bond donors (Lipinski definition) is 1. The average Bonchev–Trinajstić information content (AvgIpc) is 2.50. The van der Waals surface area contributed by atoms with Crippen molar-refractivity contribution in [2.45, 2.75) is 4.90 Å². The maximum atomic E-state index is 12.4. The number of benzene rings is 2. The van der Waals surface area contributed by atoms with Crippen LogP contribution in [0.25, 0.3) is 0 Å². The zero-order chi connectivity index (χ0) is 17.0. The molecule has 23 heavy (non-hydrogen) atoms. The number of anilines is 1. The first-order valence-electron chi connectivity index (χ1n) is 6.57. The Labute approximate surface area is 152 Å². The summed E-state index contributed by atoms with van der Waals surface area (Å²) in [6.07, 6.45) is 0. The molecule has 0 atom stereocenters. The minimum atomic E-state index is -3.71. The summed E-state index contributed by atoms with van der Waals surface area (Å²) < 4.78 is 27.4. The number of rotatable bonds is 5. The lowest BCUT2D eigenvalue weighted by molar-refractivity contribution is -0.116. The number of likely N-dealkylation sites (N-methyl/N-ethyl adjacent to an activating group) is 1. The van der Waals surface area contributed by atoms with Gasteiger partial charge in [0.1, 0.15) is 0 Å². The van der Waals surface area contributed by atoms with Crippen molar-refractivity contribution in [1.82, 2.24) is 4.31 Å². The van der Waals surface area contributed by atoms with Gasteiger partial charge in [0, 0.05) is 16.0 Å². The van der Waals surface area contributed by atoms with Gasteiger partial charge in [0.05, 0.1) is 17.1 Å². The van der Waals surface area contributed by atoms with Crippen LogP contribution in [0.4, 0.5) is 5.69 Å². The number of nitrogens with one attached hydrogen (secondary N) is 1. The van der Waals surface area contributed by atoms with Crippen LogP contribution >= 0.6 is 31.9 Å². The summed E-state index contributed by atoms with van der Waals surface area (Å²) in [5.41, 5.74) is 0.590. The number of carbonyl (C=O) groups excluding carboxylic acids is 1. The second-order valence-corrected chi connectivity index (χ2v) is 8.56. The number of para-hydroxylation sites is 1. The highest BCUT2D eigenvalue weighted by Gasteiger charge is 2.23. The van der Waals surface area contributed by atoms with E-state index >= 15 is 0 Å². The maximum Gasteiger partial charge on any atom is 0.243 e. The Morgan fingerprint density at radius 3 is 2.30 bits per heavy atom. The number of sulfonamides is 1. The van der Waals surface area contributed by atoms with E-state index in [9.17, 15) is 13.2 Å². The fourth-order valence-electron chi connectivity index (χ4n) is 1.83. The van der Waals surface area contributed by atoms with Crippen molar-refractivity contribution in [3.8, 4) is 0 Å². The largest absolute Gasteiger partial charge is 0.324 e. The number of nitrogens with zero attached hydrogens (tertiary/aromatic N) is 1. The summed E-state index contributed by atoms with van der Waals surface area (Å²) in [5, 5.41) is 2.67. The number of hydrogen-bond acceptors (Lipinski definition) is 3. The predicted molar refractivity (Wildman–Crippen MR) is 96.7 cm³/mol. The summed E-state index contributed by atoms with van der Waals surface area (Å²) in [5.74, 6) is -0.417. The molecule has 122 valence electrons. The van der Waals surface area contributed by atoms with Crippen LogP contribution in [0.15, 0.2) is 62.4 Å². The molecule has 5 nitrogen and oxygen atoms in total. The van der Waals surface area contributed by atoms with Crippen molar-refractivity contribution >= 4 is 53.5 Å². The van der Waals surface area contributed by atoms with Crippen LogP contribution in [0.5, 0.6) is 0 Å². The lowest BCUT2D eigenvalue weighted by atomic mass is 10.3. The Bertz CT molecular complexity index is 808. The van der Waals surface area contributed by atoms with Crippen LogP contribution in [0.1, 0.15) is 0 Å². The molecule has 0 aliphatic rings. The van der Waals surface area contributed by atoms with Crippen LogP contribution in [0.2, 0.25) is 0 Å². The Hall–Kier alpha value is -1.22. The summed E-state index contributed by atoms with van der Waals surface area (Å²) in [7, 11) is -2.34. The molecule has 0 aromatic heterocycles. The second kappa shape index (κ2) is 7.57. The molecule has 1 N–H and O–H groups in total. The van der Waals surface area contributed by atoms with Gasteiger partial charge in [-0.1, -0.05) is 28.1 Å². The summed E-state index contributed by atoms with van der Waals surface area (Å²) in [4.78, 5) is 12.2. The van der Waals surface area contributed by atoms with Crippen molar-refractivity contribution in [3.63, 3.8) is 0 Å². The second-order valence-electron chi connectivity index (χ2n) is 4.74. The number of carbonyl (C=O) groups is 1. The third-order valence-electron chi connectivity index (χ3n) is 3.04. The Balaban J connectivity index is 2.08. The minimum absolute atomic E-state index is 0.136. The first kappa shape index (κ1) is 18.1. The first-order valence-corrected chi connectivity index (χ1v) is 9.59. The van der Waals surface area contributed by atoms with Gasteiger partial charge in [-0.25, -0.2) is 8.42 Å². The van der Waals surface area contributed by atoms with Gasteiger partial charge in [-0.05, 0) is 52.3 Å². The molecule has 0 spiro atoms. The van der Waals surface area contributed by atoms with Crippen molar-refractivity contribution in [2.24, 2.45) is 0 Å². The van der Waals surface area contributed by atoms with Crippen molar-refractivity contribution in [1.29, 1.82) is 0 Å². The van der Waals surface area contributed by atoms with Crippen LogP contribution in [-0.4, -0.2) is 32.2 Å². The molecule has 0 radical (unpaired) electrons. The molecule has 1 amide bonds. The van der Waals surface area contributed by atoms with Gasteiger partial charge in [-0.3, -0.25) is 4.79 Å². The fourth-order valence-corrected chi connectivity index (χ4v) is 3.60. The molecule has 0 saturated carbocycles. The lowest BCUT2D eigenvalue weighted by Gasteiger charge is -2.17. The highest BCUT2D eigenvalue weighted by atomic mass is 79.9. The van der Waals surface area contributed by atoms with Gasteiger partial charge in [0.25, 0.3) is 0 Å². The molecule has 2 rings (SSSR count). The molecule has 8 heteroatoms. The van der Waals surface area contributed by atoms with E-state index in [4.69, 9.17) is 0 Å². The Morgan fingerprint density at radius 2 is 1.70 bits per heavy atom. The highest BCUT2D eigenvalue weighted by molar-refractivity contribution is 9.10. The van der Waals surface area contributed by atoms with Gasteiger partial charge in [-0.15, -0.1) is 0 Å². The molecule has 0 unspecified atom stereocenters. The quantitative estimate of drug-likeness (QED) is 0.741. The van der Waals surface area contributed by atoms with Gasteiger partial charge in [0.15, 0.2) is 0 Å². The number of amides is 1. The monoisotopic (exact) mass is 460 g/mol. The van der Waals surface area contributed by atoms with Gasteiger partial charge in [0.2, 0.25) is 15.9 Å². The lowest BCUT2D eigenvalue weighted by Crippen LogP contribution is -2.35. The first-order chi connectivity index (χ1) is 10.8.